The molecule has 0 aliphatic carbocycles. The Morgan fingerprint density at radius 1 is 0.925 bits per heavy atom. The van der Waals surface area contributed by atoms with Gasteiger partial charge in [0.2, 0.25) is 0 Å². The summed E-state index contributed by atoms with van der Waals surface area (Å²) in [6.07, 6.45) is 3.27. The standard InChI is InChI=1S/C41H45BrN4O6S/c1-5-50-41(47)40-33(17-10-25-51-37-18-8-13-28-12-6-7-14-31(28)37)32-15-9-16-34(39(32)46(40)24-11-23-43-2)38-35(44-45(3)36(38)26-42)27-52-29-19-21-30(22-20-29)53(4,48)49/h6-9,12-16,18-22,43H,5,10-11,17,23-27H2,1-4H3. The molecule has 10 nitrogen and oxygen atoms in total. The molecule has 53 heavy (non-hydrogen) atoms. The maximum Gasteiger partial charge on any atom is 0.355 e. The third-order valence-electron chi connectivity index (χ3n) is 9.30. The van der Waals surface area contributed by atoms with Gasteiger partial charge >= 0.3 is 5.97 Å². The first-order valence-corrected chi connectivity index (χ1v) is 20.8. The van der Waals surface area contributed by atoms with Gasteiger partial charge in [-0.25, -0.2) is 13.2 Å². The number of benzene rings is 4. The third-order valence-corrected chi connectivity index (χ3v) is 11.0. The Labute approximate surface area is 319 Å². The van der Waals surface area contributed by atoms with Gasteiger partial charge in [-0.05, 0) is 81.1 Å². The molecule has 0 fully saturated rings. The predicted molar refractivity (Wildman–Crippen MR) is 213 cm³/mol. The minimum Gasteiger partial charge on any atom is -0.493 e. The molecule has 0 atom stereocenters. The fourth-order valence-corrected chi connectivity index (χ4v) is 8.15. The van der Waals surface area contributed by atoms with Crippen molar-refractivity contribution in [1.82, 2.24) is 19.7 Å². The van der Waals surface area contributed by atoms with Gasteiger partial charge in [-0.1, -0.05) is 70.5 Å². The van der Waals surface area contributed by atoms with Crippen LogP contribution < -0.4 is 14.8 Å². The second-order valence-electron chi connectivity index (χ2n) is 12.8. The number of fused-ring (bicyclic) bond motifs is 2. The van der Waals surface area contributed by atoms with Gasteiger partial charge < -0.3 is 24.1 Å². The van der Waals surface area contributed by atoms with Crippen LogP contribution in [0.1, 0.15) is 47.2 Å². The first-order chi connectivity index (χ1) is 25.7. The smallest absolute Gasteiger partial charge is 0.355 e. The Balaban J connectivity index is 1.41. The summed E-state index contributed by atoms with van der Waals surface area (Å²) in [5, 5.41) is 11.8. The highest BCUT2D eigenvalue weighted by molar-refractivity contribution is 9.08. The average molecular weight is 802 g/mol. The van der Waals surface area contributed by atoms with Crippen molar-refractivity contribution in [1.29, 1.82) is 0 Å². The number of nitrogens with one attached hydrogen (secondary N) is 1. The van der Waals surface area contributed by atoms with Gasteiger partial charge in [0.25, 0.3) is 0 Å². The number of halogens is 1. The minimum absolute atomic E-state index is 0.147. The van der Waals surface area contributed by atoms with Crippen molar-refractivity contribution >= 4 is 53.4 Å². The summed E-state index contributed by atoms with van der Waals surface area (Å²) in [5.74, 6) is 1.02. The molecule has 0 aliphatic rings. The number of rotatable bonds is 17. The van der Waals surface area contributed by atoms with Crippen LogP contribution in [0.5, 0.6) is 11.5 Å². The number of sulfone groups is 1. The first-order valence-electron chi connectivity index (χ1n) is 17.8. The summed E-state index contributed by atoms with van der Waals surface area (Å²) in [4.78, 5) is 14.1. The molecule has 0 saturated carbocycles. The normalized spacial score (nSPS) is 11.7. The number of para-hydroxylation sites is 1. The van der Waals surface area contributed by atoms with Crippen LogP contribution in [0.15, 0.2) is 89.8 Å². The quantitative estimate of drug-likeness (QED) is 0.0564. The first kappa shape index (κ1) is 38.1. The van der Waals surface area contributed by atoms with Gasteiger partial charge in [-0.3, -0.25) is 4.68 Å². The molecule has 12 heteroatoms. The van der Waals surface area contributed by atoms with Gasteiger partial charge in [-0.15, -0.1) is 0 Å². The largest absolute Gasteiger partial charge is 0.493 e. The molecular formula is C41H45BrN4O6S. The highest BCUT2D eigenvalue weighted by atomic mass is 79.9. The fourth-order valence-electron chi connectivity index (χ4n) is 6.88. The second-order valence-corrected chi connectivity index (χ2v) is 15.4. The number of alkyl halides is 1. The molecule has 0 unspecified atom stereocenters. The number of aromatic nitrogens is 3. The summed E-state index contributed by atoms with van der Waals surface area (Å²) in [6.45, 7) is 4.08. The number of hydrogen-bond acceptors (Lipinski definition) is 8. The number of ether oxygens (including phenoxy) is 3. The van der Waals surface area contributed by atoms with E-state index in [1.54, 1.807) is 12.1 Å². The summed E-state index contributed by atoms with van der Waals surface area (Å²) >= 11 is 3.70. The summed E-state index contributed by atoms with van der Waals surface area (Å²) in [6, 6.07) is 26.8. The summed E-state index contributed by atoms with van der Waals surface area (Å²) in [5.41, 5.74) is 5.94. The zero-order valence-electron chi connectivity index (χ0n) is 30.5. The third kappa shape index (κ3) is 8.30. The summed E-state index contributed by atoms with van der Waals surface area (Å²) in [7, 11) is 0.496. The number of hydrogen-bond donors (Lipinski definition) is 1. The summed E-state index contributed by atoms with van der Waals surface area (Å²) < 4.78 is 46.2. The van der Waals surface area contributed by atoms with E-state index in [0.29, 0.717) is 48.5 Å². The molecule has 0 amide bonds. The number of esters is 1. The molecular weight excluding hydrogens is 756 g/mol. The van der Waals surface area contributed by atoms with Gasteiger partial charge in [0.1, 0.15) is 29.5 Å². The van der Waals surface area contributed by atoms with Crippen molar-refractivity contribution in [3.63, 3.8) is 0 Å². The monoisotopic (exact) mass is 800 g/mol. The van der Waals surface area contributed by atoms with E-state index in [0.717, 1.165) is 62.8 Å². The number of carbonyl (C=O) groups is 1. The van der Waals surface area contributed by atoms with Crippen LogP contribution in [-0.4, -0.2) is 61.8 Å². The molecule has 0 radical (unpaired) electrons. The van der Waals surface area contributed by atoms with Crippen LogP contribution in [0, 0.1) is 0 Å². The molecule has 4 aromatic carbocycles. The molecule has 2 heterocycles. The van der Waals surface area contributed by atoms with Gasteiger partial charge in [0.15, 0.2) is 9.84 Å². The Hall–Kier alpha value is -4.65. The van der Waals surface area contributed by atoms with Crippen LogP contribution in [0.4, 0.5) is 0 Å². The Kier molecular flexibility index (Phi) is 12.2. The van der Waals surface area contributed by atoms with Crippen molar-refractivity contribution in [2.24, 2.45) is 7.05 Å². The average Bonchev–Trinajstić information content (AvgIpc) is 3.65. The SMILES string of the molecule is CCOC(=O)c1c(CCCOc2cccc3ccccc23)c2cccc(-c3c(COc4ccc(S(C)(=O)=O)cc4)nn(C)c3CBr)c2n1CCCNC. The molecule has 6 rings (SSSR count). The lowest BCUT2D eigenvalue weighted by atomic mass is 9.98. The molecule has 0 aliphatic heterocycles. The molecule has 6 aromatic rings. The second kappa shape index (κ2) is 17.0. The van der Waals surface area contributed by atoms with Crippen LogP contribution in [0.3, 0.4) is 0 Å². The lowest BCUT2D eigenvalue weighted by Crippen LogP contribution is -2.17. The van der Waals surface area contributed by atoms with Crippen molar-refractivity contribution in [2.75, 3.05) is 33.1 Å². The lowest BCUT2D eigenvalue weighted by molar-refractivity contribution is 0.0512. The maximum absolute atomic E-state index is 13.9. The molecule has 278 valence electrons. The van der Waals surface area contributed by atoms with Gasteiger partial charge in [0, 0.05) is 47.1 Å². The Morgan fingerprint density at radius 2 is 1.66 bits per heavy atom. The zero-order valence-corrected chi connectivity index (χ0v) is 32.9. The topological polar surface area (TPSA) is 114 Å². The maximum atomic E-state index is 13.9. The van der Waals surface area contributed by atoms with Gasteiger partial charge in [0.05, 0.1) is 29.3 Å². The highest BCUT2D eigenvalue weighted by Gasteiger charge is 2.28. The Bertz CT molecular complexity index is 2330. The van der Waals surface area contributed by atoms with E-state index in [-0.39, 0.29) is 24.1 Å². The van der Waals surface area contributed by atoms with Crippen LogP contribution in [0.2, 0.25) is 0 Å². The molecule has 1 N–H and O–H groups in total. The highest BCUT2D eigenvalue weighted by Crippen LogP contribution is 2.39. The number of aryl methyl sites for hydroxylation is 3. The zero-order chi connectivity index (χ0) is 37.5. The van der Waals surface area contributed by atoms with Crippen LogP contribution >= 0.6 is 15.9 Å². The molecule has 0 spiro atoms. The van der Waals surface area contributed by atoms with Crippen LogP contribution in [0.25, 0.3) is 32.8 Å². The van der Waals surface area contributed by atoms with E-state index >= 15 is 0 Å². The van der Waals surface area contributed by atoms with E-state index in [1.807, 2.05) is 56.0 Å². The lowest BCUT2D eigenvalue weighted by Gasteiger charge is -2.15. The van der Waals surface area contributed by atoms with E-state index in [4.69, 9.17) is 19.3 Å². The molecule has 0 saturated heterocycles. The number of carbonyl (C=O) groups excluding carboxylic acids is 1. The molecule has 0 bridgehead atoms. The van der Waals surface area contributed by atoms with Crippen molar-refractivity contribution in [3.8, 4) is 22.6 Å². The van der Waals surface area contributed by atoms with Crippen molar-refractivity contribution in [3.05, 3.63) is 108 Å². The van der Waals surface area contributed by atoms with Crippen molar-refractivity contribution < 1.29 is 27.4 Å². The van der Waals surface area contributed by atoms with E-state index in [9.17, 15) is 13.2 Å². The number of nitrogens with zero attached hydrogens (tertiary/aromatic N) is 3. The minimum atomic E-state index is -3.33. The van der Waals surface area contributed by atoms with Crippen molar-refractivity contribution in [2.45, 2.75) is 49.6 Å². The van der Waals surface area contributed by atoms with Crippen LogP contribution in [-0.2, 0) is 46.5 Å². The Morgan fingerprint density at radius 3 is 2.40 bits per heavy atom. The molecule has 2 aromatic heterocycles. The fraction of sp³-hybridized carbons (Fsp3) is 0.317. The van der Waals surface area contributed by atoms with Gasteiger partial charge in [-0.2, -0.15) is 5.10 Å². The van der Waals surface area contributed by atoms with E-state index < -0.39 is 9.84 Å². The predicted octanol–water partition coefficient (Wildman–Crippen LogP) is 7.87. The van der Waals surface area contributed by atoms with E-state index in [2.05, 4.69) is 56.1 Å². The van der Waals surface area contributed by atoms with E-state index in [1.165, 1.54) is 18.4 Å².